The van der Waals surface area contributed by atoms with Gasteiger partial charge in [0, 0.05) is 19.2 Å². The number of aliphatic hydroxyl groups is 1. The van der Waals surface area contributed by atoms with Gasteiger partial charge in [-0.2, -0.15) is 0 Å². The van der Waals surface area contributed by atoms with Crippen LogP contribution in [0.2, 0.25) is 0 Å². The summed E-state index contributed by atoms with van der Waals surface area (Å²) in [6, 6.07) is 0.492. The summed E-state index contributed by atoms with van der Waals surface area (Å²) in [6.45, 7) is 4.37. The molecule has 0 amide bonds. The second kappa shape index (κ2) is 6.89. The van der Waals surface area contributed by atoms with Crippen molar-refractivity contribution in [2.75, 3.05) is 19.7 Å². The van der Waals surface area contributed by atoms with Gasteiger partial charge in [-0.05, 0) is 12.8 Å². The van der Waals surface area contributed by atoms with Gasteiger partial charge in [0.2, 0.25) is 0 Å². The number of rotatable bonds is 4. The first-order valence-corrected chi connectivity index (χ1v) is 4.25. The van der Waals surface area contributed by atoms with E-state index in [0.717, 1.165) is 25.9 Å². The third-order valence-corrected chi connectivity index (χ3v) is 2.12. The van der Waals surface area contributed by atoms with Gasteiger partial charge in [-0.3, -0.25) is 4.99 Å². The first kappa shape index (κ1) is 12.4. The maximum atomic E-state index is 8.76. The molecule has 66 valence electrons. The Labute approximate surface area is 97.6 Å². The molecule has 1 rings (SSSR count). The Morgan fingerprint density at radius 1 is 1.75 bits per heavy atom. The number of hydrogen-bond acceptors (Lipinski definition) is 3. The minimum atomic E-state index is 0. The van der Waals surface area contributed by atoms with E-state index in [1.807, 2.05) is 6.34 Å². The Balaban J connectivity index is 0. The average molecular weight is 180 g/mol. The molecule has 1 atom stereocenters. The van der Waals surface area contributed by atoms with Gasteiger partial charge in [0.25, 0.3) is 0 Å². The molecule has 1 heterocycles. The van der Waals surface area contributed by atoms with Gasteiger partial charge in [0.1, 0.15) is 0 Å². The Bertz CT molecular complexity index is 146. The molecular weight excluding hydrogens is 163 g/mol. The van der Waals surface area contributed by atoms with Crippen LogP contribution < -0.4 is 29.6 Å². The van der Waals surface area contributed by atoms with E-state index in [2.05, 4.69) is 16.8 Å². The summed E-state index contributed by atoms with van der Waals surface area (Å²) in [6.07, 6.45) is 3.86. The average Bonchev–Trinajstić information content (AvgIpc) is 2.52. The van der Waals surface area contributed by atoms with E-state index >= 15 is 0 Å². The van der Waals surface area contributed by atoms with Crippen molar-refractivity contribution in [3.63, 3.8) is 0 Å². The van der Waals surface area contributed by atoms with E-state index in [-0.39, 0.29) is 37.6 Å². The zero-order valence-electron chi connectivity index (χ0n) is 9.03. The summed E-state index contributed by atoms with van der Waals surface area (Å²) >= 11 is 0. The third-order valence-electron chi connectivity index (χ3n) is 2.12. The molecule has 0 bridgehead atoms. The summed E-state index contributed by atoms with van der Waals surface area (Å²) in [5, 5.41) is 8.76. The smallest absolute Gasteiger partial charge is 1.00 e. The van der Waals surface area contributed by atoms with Crippen LogP contribution in [0.5, 0.6) is 0 Å². The largest absolute Gasteiger partial charge is 1.00 e. The first-order valence-electron chi connectivity index (χ1n) is 4.25. The van der Waals surface area contributed by atoms with Crippen LogP contribution >= 0.6 is 0 Å². The maximum absolute atomic E-state index is 8.76. The number of nitrogens with zero attached hydrogens (tertiary/aromatic N) is 2. The SMILES string of the molecule is CCC(CCO)N1C=NCC1.[H-].[Na+]. The van der Waals surface area contributed by atoms with Crippen LogP contribution in [-0.2, 0) is 0 Å². The van der Waals surface area contributed by atoms with Crippen LogP contribution in [0.1, 0.15) is 21.2 Å². The standard InChI is InChI=1S/C8H16N2O.Na.H/c1-2-8(3-6-11)10-5-4-9-7-10;;/h7-8,11H,2-6H2,1H3;;/q;+1;-1. The van der Waals surface area contributed by atoms with Crippen LogP contribution in [0, 0.1) is 0 Å². The fourth-order valence-corrected chi connectivity index (χ4v) is 1.42. The van der Waals surface area contributed by atoms with Crippen LogP contribution in [0.25, 0.3) is 0 Å². The first-order chi connectivity index (χ1) is 5.38. The van der Waals surface area contributed by atoms with Crippen molar-refractivity contribution in [2.24, 2.45) is 4.99 Å². The minimum Gasteiger partial charge on any atom is -1.00 e. The van der Waals surface area contributed by atoms with Crippen LogP contribution in [0.4, 0.5) is 0 Å². The van der Waals surface area contributed by atoms with Gasteiger partial charge >= 0.3 is 29.6 Å². The van der Waals surface area contributed by atoms with Crippen molar-refractivity contribution in [1.82, 2.24) is 4.90 Å². The molecule has 0 radical (unpaired) electrons. The molecule has 3 nitrogen and oxygen atoms in total. The molecule has 1 N–H and O–H groups in total. The Hall–Kier alpha value is 0.430. The molecule has 1 aliphatic rings. The van der Waals surface area contributed by atoms with Crippen LogP contribution in [-0.4, -0.2) is 42.1 Å². The van der Waals surface area contributed by atoms with E-state index in [1.165, 1.54) is 0 Å². The van der Waals surface area contributed by atoms with Crippen LogP contribution in [0.15, 0.2) is 4.99 Å². The van der Waals surface area contributed by atoms with E-state index in [1.54, 1.807) is 0 Å². The molecule has 0 saturated carbocycles. The van der Waals surface area contributed by atoms with Crippen molar-refractivity contribution in [3.05, 3.63) is 0 Å². The van der Waals surface area contributed by atoms with Crippen molar-refractivity contribution in [1.29, 1.82) is 0 Å². The second-order valence-electron chi connectivity index (χ2n) is 2.83. The monoisotopic (exact) mass is 180 g/mol. The molecule has 4 heteroatoms. The Morgan fingerprint density at radius 3 is 2.92 bits per heavy atom. The summed E-state index contributed by atoms with van der Waals surface area (Å²) < 4.78 is 0. The van der Waals surface area contributed by atoms with E-state index in [0.29, 0.717) is 6.04 Å². The number of hydrogen-bond donors (Lipinski definition) is 1. The summed E-state index contributed by atoms with van der Waals surface area (Å²) in [4.78, 5) is 6.35. The zero-order chi connectivity index (χ0) is 8.10. The van der Waals surface area contributed by atoms with E-state index in [9.17, 15) is 0 Å². The summed E-state index contributed by atoms with van der Waals surface area (Å²) in [5.41, 5.74) is 0. The fraction of sp³-hybridized carbons (Fsp3) is 0.875. The zero-order valence-corrected chi connectivity index (χ0v) is 10.0. The predicted molar refractivity (Wildman–Crippen MR) is 47.0 cm³/mol. The molecule has 0 aromatic carbocycles. The van der Waals surface area contributed by atoms with E-state index < -0.39 is 0 Å². The second-order valence-corrected chi connectivity index (χ2v) is 2.83. The van der Waals surface area contributed by atoms with Gasteiger partial charge in [-0.15, -0.1) is 0 Å². The molecule has 1 unspecified atom stereocenters. The summed E-state index contributed by atoms with van der Waals surface area (Å²) in [5.74, 6) is 0. The molecule has 0 aromatic rings. The third kappa shape index (κ3) is 3.44. The molecule has 0 fully saturated rings. The quantitative estimate of drug-likeness (QED) is 0.490. The number of aliphatic hydroxyl groups excluding tert-OH is 1. The van der Waals surface area contributed by atoms with Crippen molar-refractivity contribution in [2.45, 2.75) is 25.8 Å². The molecule has 0 saturated heterocycles. The molecule has 1 aliphatic heterocycles. The molecule has 12 heavy (non-hydrogen) atoms. The van der Waals surface area contributed by atoms with Crippen LogP contribution in [0.3, 0.4) is 0 Å². The van der Waals surface area contributed by atoms with Crippen molar-refractivity contribution >= 4 is 6.34 Å². The minimum absolute atomic E-state index is 0. The van der Waals surface area contributed by atoms with E-state index in [4.69, 9.17) is 5.11 Å². The van der Waals surface area contributed by atoms with Gasteiger partial charge in [0.15, 0.2) is 0 Å². The normalized spacial score (nSPS) is 17.7. The fourth-order valence-electron chi connectivity index (χ4n) is 1.42. The molecule has 0 aliphatic carbocycles. The Morgan fingerprint density at radius 2 is 2.50 bits per heavy atom. The maximum Gasteiger partial charge on any atom is 1.00 e. The van der Waals surface area contributed by atoms with Gasteiger partial charge in [0.05, 0.1) is 12.9 Å². The van der Waals surface area contributed by atoms with Gasteiger partial charge in [-0.25, -0.2) is 0 Å². The Kier molecular flexibility index (Phi) is 7.14. The van der Waals surface area contributed by atoms with Gasteiger partial charge in [-0.1, -0.05) is 6.92 Å². The molecule has 0 spiro atoms. The summed E-state index contributed by atoms with van der Waals surface area (Å²) in [7, 11) is 0. The molecule has 0 aromatic heterocycles. The molecular formula is C8H17N2NaO. The predicted octanol–water partition coefficient (Wildman–Crippen LogP) is -2.39. The number of aliphatic imine (C=N–C) groups is 1. The van der Waals surface area contributed by atoms with Crippen molar-refractivity contribution < 1.29 is 36.1 Å². The topological polar surface area (TPSA) is 35.8 Å². The van der Waals surface area contributed by atoms with Crippen molar-refractivity contribution in [3.8, 4) is 0 Å². The van der Waals surface area contributed by atoms with Gasteiger partial charge < -0.3 is 11.4 Å².